The summed E-state index contributed by atoms with van der Waals surface area (Å²) < 4.78 is 42.3. The maximum absolute atomic E-state index is 13.7. The van der Waals surface area contributed by atoms with Crippen LogP contribution >= 0.6 is 0 Å². The molecular formula is C32H28FN3O9. The molecule has 0 unspecified atom stereocenters. The molecule has 1 aliphatic rings. The molecule has 3 aromatic carbocycles. The van der Waals surface area contributed by atoms with Crippen LogP contribution in [0.1, 0.15) is 21.0 Å². The van der Waals surface area contributed by atoms with E-state index in [0.717, 1.165) is 16.8 Å². The number of aliphatic hydroxyl groups is 1. The van der Waals surface area contributed by atoms with E-state index in [4.69, 9.17) is 23.7 Å². The second-order valence-corrected chi connectivity index (χ2v) is 10.2. The lowest BCUT2D eigenvalue weighted by Gasteiger charge is -2.43. The van der Waals surface area contributed by atoms with Crippen molar-refractivity contribution in [3.05, 3.63) is 102 Å². The molecule has 0 radical (unpaired) electrons. The summed E-state index contributed by atoms with van der Waals surface area (Å²) in [6.07, 6.45) is -8.22. The molecule has 5 aromatic rings. The third-order valence-corrected chi connectivity index (χ3v) is 7.30. The first kappa shape index (κ1) is 29.8. The number of ether oxygens (including phenoxy) is 5. The lowest BCUT2D eigenvalue weighted by molar-refractivity contribution is -0.291. The number of H-pyrrole nitrogens is 2. The van der Waals surface area contributed by atoms with Gasteiger partial charge in [0.25, 0.3) is 0 Å². The summed E-state index contributed by atoms with van der Waals surface area (Å²) in [4.78, 5) is 45.8. The number of carbonyl (C=O) groups is 3. The van der Waals surface area contributed by atoms with E-state index in [1.54, 1.807) is 48.5 Å². The van der Waals surface area contributed by atoms with Gasteiger partial charge >= 0.3 is 18.0 Å². The summed E-state index contributed by atoms with van der Waals surface area (Å²) in [6, 6.07) is 22.6. The summed E-state index contributed by atoms with van der Waals surface area (Å²) in [7, 11) is 1.28. The highest BCUT2D eigenvalue weighted by molar-refractivity contribution is 5.96. The maximum atomic E-state index is 13.7. The van der Waals surface area contributed by atoms with Gasteiger partial charge in [0.1, 0.15) is 23.3 Å². The van der Waals surface area contributed by atoms with Crippen LogP contribution in [-0.2, 0) is 23.7 Å². The summed E-state index contributed by atoms with van der Waals surface area (Å²) in [6.45, 7) is -0.694. The predicted octanol–water partition coefficient (Wildman–Crippen LogP) is 4.52. The Morgan fingerprint density at radius 3 is 1.96 bits per heavy atom. The smallest absolute Gasteiger partial charge is 0.412 e. The van der Waals surface area contributed by atoms with Crippen LogP contribution in [0.4, 0.5) is 14.9 Å². The Kier molecular flexibility index (Phi) is 8.47. The van der Waals surface area contributed by atoms with Crippen LogP contribution in [0.25, 0.3) is 21.8 Å². The largest absolute Gasteiger partial charge is 0.449 e. The molecule has 3 heterocycles. The van der Waals surface area contributed by atoms with E-state index in [-0.39, 0.29) is 17.1 Å². The van der Waals surface area contributed by atoms with Crippen molar-refractivity contribution >= 4 is 45.5 Å². The fourth-order valence-corrected chi connectivity index (χ4v) is 5.19. The van der Waals surface area contributed by atoms with Gasteiger partial charge in [-0.1, -0.05) is 42.5 Å². The number of rotatable bonds is 8. The number of esters is 2. The molecule has 1 amide bonds. The molecule has 0 bridgehead atoms. The maximum Gasteiger partial charge on any atom is 0.412 e. The van der Waals surface area contributed by atoms with Crippen molar-refractivity contribution in [3.8, 4) is 0 Å². The number of methoxy groups -OCH3 is 1. The molecule has 232 valence electrons. The highest BCUT2D eigenvalue weighted by atomic mass is 19.1. The number of aromatic nitrogens is 2. The molecule has 5 atom stereocenters. The molecule has 1 aliphatic heterocycles. The van der Waals surface area contributed by atoms with E-state index in [9.17, 15) is 23.9 Å². The number of para-hydroxylation sites is 2. The third-order valence-electron chi connectivity index (χ3n) is 7.30. The number of aromatic amines is 2. The van der Waals surface area contributed by atoms with Crippen LogP contribution in [0.5, 0.6) is 0 Å². The van der Waals surface area contributed by atoms with Gasteiger partial charge in [0.2, 0.25) is 0 Å². The molecule has 13 heteroatoms. The monoisotopic (exact) mass is 617 g/mol. The van der Waals surface area contributed by atoms with Crippen LogP contribution in [-0.4, -0.2) is 77.5 Å². The van der Waals surface area contributed by atoms with Gasteiger partial charge in [-0.05, 0) is 42.5 Å². The average Bonchev–Trinajstić information content (AvgIpc) is 3.67. The minimum Gasteiger partial charge on any atom is -0.449 e. The van der Waals surface area contributed by atoms with Crippen LogP contribution in [0.2, 0.25) is 0 Å². The van der Waals surface area contributed by atoms with Crippen molar-refractivity contribution in [3.63, 3.8) is 0 Å². The molecule has 6 rings (SSSR count). The van der Waals surface area contributed by atoms with E-state index >= 15 is 0 Å². The standard InChI is InChI=1S/C32H28FN3O9/c1-41-31-28(44-30(39)24-14-18-8-3-5-12-22(18)36-24)27(43-29(38)23-13-17-7-2-4-11-21(17)35-23)26(25(16-37)42-31)45-32(40)34-20-10-6-9-19(33)15-20/h2-15,25-28,31,35-37H,16H2,1H3,(H,34,40)/t25-,26-,27+,28+,31+/m1/s1. The van der Waals surface area contributed by atoms with Gasteiger partial charge in [-0.25, -0.2) is 18.8 Å². The lowest BCUT2D eigenvalue weighted by atomic mass is 9.98. The summed E-state index contributed by atoms with van der Waals surface area (Å²) in [5.74, 6) is -2.30. The highest BCUT2D eigenvalue weighted by Gasteiger charge is 2.53. The van der Waals surface area contributed by atoms with Crippen molar-refractivity contribution < 1.29 is 47.6 Å². The van der Waals surface area contributed by atoms with E-state index in [0.29, 0.717) is 11.0 Å². The van der Waals surface area contributed by atoms with Gasteiger partial charge < -0.3 is 38.8 Å². The molecule has 12 nitrogen and oxygen atoms in total. The first-order valence-corrected chi connectivity index (χ1v) is 13.9. The molecule has 4 N–H and O–H groups in total. The number of fused-ring (bicyclic) bond motifs is 2. The molecular weight excluding hydrogens is 589 g/mol. The number of halogens is 1. The van der Waals surface area contributed by atoms with Crippen molar-refractivity contribution in [1.29, 1.82) is 0 Å². The molecule has 0 saturated carbocycles. The second kappa shape index (κ2) is 12.8. The molecule has 1 fully saturated rings. The summed E-state index contributed by atoms with van der Waals surface area (Å²) >= 11 is 0. The molecule has 0 aliphatic carbocycles. The number of aliphatic hydroxyl groups excluding tert-OH is 1. The number of nitrogens with one attached hydrogen (secondary N) is 3. The highest BCUT2D eigenvalue weighted by Crippen LogP contribution is 2.31. The van der Waals surface area contributed by atoms with Crippen LogP contribution in [0.3, 0.4) is 0 Å². The molecule has 2 aromatic heterocycles. The predicted molar refractivity (Wildman–Crippen MR) is 158 cm³/mol. The zero-order valence-corrected chi connectivity index (χ0v) is 23.8. The third kappa shape index (κ3) is 6.36. The van der Waals surface area contributed by atoms with E-state index in [2.05, 4.69) is 15.3 Å². The Balaban J connectivity index is 1.32. The number of carbonyl (C=O) groups excluding carboxylic acids is 3. The Morgan fingerprint density at radius 1 is 0.800 bits per heavy atom. The van der Waals surface area contributed by atoms with Gasteiger partial charge in [0, 0.05) is 34.6 Å². The van der Waals surface area contributed by atoms with Gasteiger partial charge in [0.15, 0.2) is 24.6 Å². The number of hydrogen-bond donors (Lipinski definition) is 4. The number of benzene rings is 3. The Labute approximate surface area is 255 Å². The summed E-state index contributed by atoms with van der Waals surface area (Å²) in [5.41, 5.74) is 1.60. The number of anilines is 1. The normalized spacial score (nSPS) is 21.4. The van der Waals surface area contributed by atoms with Gasteiger partial charge in [0.05, 0.1) is 6.61 Å². The molecule has 0 spiro atoms. The van der Waals surface area contributed by atoms with Gasteiger partial charge in [-0.2, -0.15) is 0 Å². The first-order chi connectivity index (χ1) is 21.8. The SMILES string of the molecule is CO[C@H]1O[C@H](CO)[C@@H](OC(=O)Nc2cccc(F)c2)[C@H](OC(=O)c2cc3ccccc3[nH]2)[C@@H]1OC(=O)c1cc2ccccc2[nH]1. The first-order valence-electron chi connectivity index (χ1n) is 13.9. The minimum absolute atomic E-state index is 0.0702. The Morgan fingerprint density at radius 2 is 1.40 bits per heavy atom. The average molecular weight is 618 g/mol. The van der Waals surface area contributed by atoms with Crippen molar-refractivity contribution in [2.75, 3.05) is 19.0 Å². The molecule has 1 saturated heterocycles. The minimum atomic E-state index is -1.54. The van der Waals surface area contributed by atoms with E-state index < -0.39 is 61.2 Å². The topological polar surface area (TPSA) is 161 Å². The van der Waals surface area contributed by atoms with E-state index in [1.807, 2.05) is 12.1 Å². The van der Waals surface area contributed by atoms with Crippen molar-refractivity contribution in [2.24, 2.45) is 0 Å². The lowest BCUT2D eigenvalue weighted by Crippen LogP contribution is -2.63. The zero-order chi connectivity index (χ0) is 31.5. The fourth-order valence-electron chi connectivity index (χ4n) is 5.19. The van der Waals surface area contributed by atoms with Crippen LogP contribution in [0, 0.1) is 5.82 Å². The Hall–Kier alpha value is -5.24. The van der Waals surface area contributed by atoms with Crippen molar-refractivity contribution in [2.45, 2.75) is 30.7 Å². The quantitative estimate of drug-likeness (QED) is 0.145. The Bertz CT molecular complexity index is 1790. The van der Waals surface area contributed by atoms with Crippen LogP contribution in [0.15, 0.2) is 84.9 Å². The number of amides is 1. The van der Waals surface area contributed by atoms with E-state index in [1.165, 1.54) is 25.3 Å². The van der Waals surface area contributed by atoms with Gasteiger partial charge in [-0.3, -0.25) is 5.32 Å². The van der Waals surface area contributed by atoms with Gasteiger partial charge in [-0.15, -0.1) is 0 Å². The zero-order valence-electron chi connectivity index (χ0n) is 23.8. The van der Waals surface area contributed by atoms with Crippen molar-refractivity contribution in [1.82, 2.24) is 9.97 Å². The molecule has 45 heavy (non-hydrogen) atoms. The fraction of sp³-hybridized carbons (Fsp3) is 0.219. The van der Waals surface area contributed by atoms with Crippen LogP contribution < -0.4 is 5.32 Å². The number of hydrogen-bond acceptors (Lipinski definition) is 9. The summed E-state index contributed by atoms with van der Waals surface area (Å²) in [5, 5.41) is 14.1. The second-order valence-electron chi connectivity index (χ2n) is 10.2.